The van der Waals surface area contributed by atoms with Crippen LogP contribution in [0.15, 0.2) is 65.1 Å². The molecule has 2 aromatic carbocycles. The molecular weight excluding hydrogens is 372 g/mol. The van der Waals surface area contributed by atoms with E-state index in [2.05, 4.69) is 0 Å². The van der Waals surface area contributed by atoms with E-state index < -0.39 is 17.7 Å². The van der Waals surface area contributed by atoms with Crippen molar-refractivity contribution in [2.45, 2.75) is 13.8 Å². The van der Waals surface area contributed by atoms with Crippen LogP contribution >= 0.6 is 0 Å². The molecular formula is C23H20O6. The van der Waals surface area contributed by atoms with E-state index in [1.165, 1.54) is 0 Å². The van der Waals surface area contributed by atoms with Gasteiger partial charge in [0, 0.05) is 11.1 Å². The maximum absolute atomic E-state index is 13.3. The fourth-order valence-electron chi connectivity index (χ4n) is 2.91. The molecule has 0 unspecified atom stereocenters. The summed E-state index contributed by atoms with van der Waals surface area (Å²) >= 11 is 0. The predicted octanol–water partition coefficient (Wildman–Crippen LogP) is 4.53. The molecule has 0 aliphatic rings. The highest BCUT2D eigenvalue weighted by Crippen LogP contribution is 2.34. The molecule has 0 radical (unpaired) electrons. The Balaban J connectivity index is 2.30. The SMILES string of the molecule is CCOC(=O)c1oc(-c2ccccc2)c(C(=O)c2ccccc2)c1C(=O)OCC. The van der Waals surface area contributed by atoms with E-state index in [0.29, 0.717) is 11.1 Å². The van der Waals surface area contributed by atoms with Crippen LogP contribution in [0.3, 0.4) is 0 Å². The lowest BCUT2D eigenvalue weighted by Gasteiger charge is -2.06. The number of benzene rings is 2. The third-order valence-corrected chi connectivity index (χ3v) is 4.15. The second-order valence-corrected chi connectivity index (χ2v) is 6.01. The van der Waals surface area contributed by atoms with Gasteiger partial charge in [0.05, 0.1) is 18.8 Å². The second kappa shape index (κ2) is 9.01. The Kier molecular flexibility index (Phi) is 6.24. The number of hydrogen-bond donors (Lipinski definition) is 0. The van der Waals surface area contributed by atoms with Crippen LogP contribution in [0.1, 0.15) is 50.7 Å². The Bertz CT molecular complexity index is 1020. The number of hydrogen-bond acceptors (Lipinski definition) is 6. The first-order chi connectivity index (χ1) is 14.1. The van der Waals surface area contributed by atoms with Gasteiger partial charge in [0.2, 0.25) is 5.76 Å². The zero-order valence-corrected chi connectivity index (χ0v) is 16.1. The first-order valence-electron chi connectivity index (χ1n) is 9.24. The van der Waals surface area contributed by atoms with Gasteiger partial charge in [0.1, 0.15) is 11.3 Å². The number of rotatable bonds is 7. The number of ketones is 1. The van der Waals surface area contributed by atoms with Gasteiger partial charge in [-0.15, -0.1) is 0 Å². The van der Waals surface area contributed by atoms with Crippen molar-refractivity contribution in [3.05, 3.63) is 83.1 Å². The number of carbonyl (C=O) groups excluding carboxylic acids is 3. The molecule has 0 amide bonds. The maximum Gasteiger partial charge on any atom is 0.375 e. The number of carbonyl (C=O) groups is 3. The summed E-state index contributed by atoms with van der Waals surface area (Å²) in [5.74, 6) is -2.33. The van der Waals surface area contributed by atoms with Crippen molar-refractivity contribution in [1.82, 2.24) is 0 Å². The Hall–Kier alpha value is -3.67. The molecule has 29 heavy (non-hydrogen) atoms. The minimum absolute atomic E-state index is 0.0242. The van der Waals surface area contributed by atoms with Crippen molar-refractivity contribution in [3.63, 3.8) is 0 Å². The third-order valence-electron chi connectivity index (χ3n) is 4.15. The molecule has 0 atom stereocenters. The maximum atomic E-state index is 13.3. The summed E-state index contributed by atoms with van der Waals surface area (Å²) in [5.41, 5.74) is 0.654. The fraction of sp³-hybridized carbons (Fsp3) is 0.174. The molecule has 0 fully saturated rings. The topological polar surface area (TPSA) is 82.8 Å². The van der Waals surface area contributed by atoms with Gasteiger partial charge >= 0.3 is 11.9 Å². The molecule has 0 saturated carbocycles. The average Bonchev–Trinajstić information content (AvgIpc) is 3.16. The summed E-state index contributed by atoms with van der Waals surface area (Å²) in [4.78, 5) is 38.6. The van der Waals surface area contributed by atoms with E-state index in [1.54, 1.807) is 68.4 Å². The molecule has 0 saturated heterocycles. The first kappa shape index (κ1) is 20.1. The number of ether oxygens (including phenoxy) is 2. The Morgan fingerprint density at radius 3 is 1.90 bits per heavy atom. The van der Waals surface area contributed by atoms with E-state index in [-0.39, 0.29) is 35.9 Å². The van der Waals surface area contributed by atoms with Gasteiger partial charge in [-0.3, -0.25) is 4.79 Å². The van der Waals surface area contributed by atoms with Crippen LogP contribution in [0, 0.1) is 0 Å². The highest BCUT2D eigenvalue weighted by atomic mass is 16.5. The summed E-state index contributed by atoms with van der Waals surface area (Å²) in [7, 11) is 0. The first-order valence-corrected chi connectivity index (χ1v) is 9.24. The molecule has 148 valence electrons. The monoisotopic (exact) mass is 392 g/mol. The lowest BCUT2D eigenvalue weighted by molar-refractivity contribution is 0.0452. The van der Waals surface area contributed by atoms with Crippen molar-refractivity contribution in [2.24, 2.45) is 0 Å². The lowest BCUT2D eigenvalue weighted by Crippen LogP contribution is -2.16. The minimum atomic E-state index is -0.833. The predicted molar refractivity (Wildman–Crippen MR) is 106 cm³/mol. The van der Waals surface area contributed by atoms with E-state index >= 15 is 0 Å². The highest BCUT2D eigenvalue weighted by Gasteiger charge is 2.35. The zero-order chi connectivity index (χ0) is 20.8. The number of esters is 2. The van der Waals surface area contributed by atoms with Crippen molar-refractivity contribution >= 4 is 17.7 Å². The molecule has 6 nitrogen and oxygen atoms in total. The molecule has 0 aliphatic heterocycles. The Morgan fingerprint density at radius 2 is 1.31 bits per heavy atom. The van der Waals surface area contributed by atoms with E-state index in [0.717, 1.165) is 0 Å². The van der Waals surface area contributed by atoms with Gasteiger partial charge in [-0.05, 0) is 13.8 Å². The van der Waals surface area contributed by atoms with Gasteiger partial charge in [0.25, 0.3) is 0 Å². The van der Waals surface area contributed by atoms with Crippen LogP contribution in [0.2, 0.25) is 0 Å². The zero-order valence-electron chi connectivity index (χ0n) is 16.1. The molecule has 0 aliphatic carbocycles. The van der Waals surface area contributed by atoms with Crippen molar-refractivity contribution in [1.29, 1.82) is 0 Å². The molecule has 1 aromatic heterocycles. The van der Waals surface area contributed by atoms with Crippen molar-refractivity contribution < 1.29 is 28.3 Å². The average molecular weight is 392 g/mol. The molecule has 3 rings (SSSR count). The Labute approximate surface area is 168 Å². The molecule has 3 aromatic rings. The second-order valence-electron chi connectivity index (χ2n) is 6.01. The summed E-state index contributed by atoms with van der Waals surface area (Å²) < 4.78 is 15.9. The van der Waals surface area contributed by atoms with E-state index in [4.69, 9.17) is 13.9 Å². The van der Waals surface area contributed by atoms with Gasteiger partial charge < -0.3 is 13.9 Å². The quantitative estimate of drug-likeness (QED) is 0.434. The minimum Gasteiger partial charge on any atom is -0.462 e. The fourth-order valence-corrected chi connectivity index (χ4v) is 2.91. The van der Waals surface area contributed by atoms with Gasteiger partial charge in [-0.25, -0.2) is 9.59 Å². The standard InChI is InChI=1S/C23H20O6/c1-3-27-22(25)18-17(19(24)15-11-7-5-8-12-15)20(16-13-9-6-10-14-16)29-21(18)23(26)28-4-2/h5-14H,3-4H2,1-2H3. The smallest absolute Gasteiger partial charge is 0.375 e. The normalized spacial score (nSPS) is 10.4. The van der Waals surface area contributed by atoms with Crippen molar-refractivity contribution in [3.8, 4) is 11.3 Å². The largest absolute Gasteiger partial charge is 0.462 e. The van der Waals surface area contributed by atoms with Crippen molar-refractivity contribution in [2.75, 3.05) is 13.2 Å². The molecule has 6 heteroatoms. The van der Waals surface area contributed by atoms with E-state index in [1.807, 2.05) is 6.07 Å². The Morgan fingerprint density at radius 1 is 0.759 bits per heavy atom. The molecule has 0 spiro atoms. The summed E-state index contributed by atoms with van der Waals surface area (Å²) in [6, 6.07) is 17.3. The highest BCUT2D eigenvalue weighted by molar-refractivity contribution is 6.20. The summed E-state index contributed by atoms with van der Waals surface area (Å²) in [6.45, 7) is 3.44. The third kappa shape index (κ3) is 4.11. The lowest BCUT2D eigenvalue weighted by atomic mass is 9.96. The van der Waals surface area contributed by atoms with Crippen LogP contribution < -0.4 is 0 Å². The van der Waals surface area contributed by atoms with Crippen LogP contribution in [0.4, 0.5) is 0 Å². The van der Waals surface area contributed by atoms with Crippen LogP contribution in [-0.2, 0) is 9.47 Å². The van der Waals surface area contributed by atoms with Gasteiger partial charge in [0.15, 0.2) is 5.78 Å². The molecule has 0 bridgehead atoms. The summed E-state index contributed by atoms with van der Waals surface area (Å²) in [6.07, 6.45) is 0. The summed E-state index contributed by atoms with van der Waals surface area (Å²) in [5, 5.41) is 0. The van der Waals surface area contributed by atoms with Crippen LogP contribution in [0.25, 0.3) is 11.3 Å². The van der Waals surface area contributed by atoms with Gasteiger partial charge in [-0.1, -0.05) is 60.7 Å². The van der Waals surface area contributed by atoms with Gasteiger partial charge in [-0.2, -0.15) is 0 Å². The van der Waals surface area contributed by atoms with Crippen LogP contribution in [0.5, 0.6) is 0 Å². The number of furan rings is 1. The van der Waals surface area contributed by atoms with Crippen LogP contribution in [-0.4, -0.2) is 30.9 Å². The molecule has 1 heterocycles. The molecule has 0 N–H and O–H groups in total. The van der Waals surface area contributed by atoms with E-state index in [9.17, 15) is 14.4 Å².